The number of hydrazone groups is 1. The minimum absolute atomic E-state index is 0.254. The largest absolute Gasteiger partial charge is 0.448 e. The van der Waals surface area contributed by atoms with Crippen LogP contribution in [-0.4, -0.2) is 12.1 Å². The van der Waals surface area contributed by atoms with Crippen LogP contribution >= 0.6 is 46.6 Å². The van der Waals surface area contributed by atoms with Crippen molar-refractivity contribution in [2.24, 2.45) is 5.10 Å². The molecule has 0 bridgehead atoms. The fourth-order valence-corrected chi connectivity index (χ4v) is 3.36. The lowest BCUT2D eigenvalue weighted by molar-refractivity contribution is 0.0955. The number of halogens is 3. The lowest BCUT2D eigenvalue weighted by Crippen LogP contribution is -2.17. The second kappa shape index (κ2) is 8.64. The first kappa shape index (κ1) is 18.9. The molecular weight excluding hydrogens is 415 g/mol. The lowest BCUT2D eigenvalue weighted by atomic mass is 10.2. The van der Waals surface area contributed by atoms with E-state index >= 15 is 0 Å². The standard InChI is InChI=1S/C18H11Cl3N2O2S/c19-11-1-5-14(6-2-11)26-17-8-4-13(25-17)10-22-23-18(24)15-7-3-12(20)9-16(15)21/h1-10H,(H,23,24)/b22-10-. The second-order valence-electron chi connectivity index (χ2n) is 5.04. The van der Waals surface area contributed by atoms with E-state index in [1.807, 2.05) is 30.3 Å². The van der Waals surface area contributed by atoms with Crippen LogP contribution in [0.5, 0.6) is 0 Å². The van der Waals surface area contributed by atoms with Crippen molar-refractivity contribution >= 4 is 58.7 Å². The topological polar surface area (TPSA) is 54.6 Å². The van der Waals surface area contributed by atoms with Crippen molar-refractivity contribution in [2.75, 3.05) is 0 Å². The fourth-order valence-electron chi connectivity index (χ4n) is 1.97. The summed E-state index contributed by atoms with van der Waals surface area (Å²) in [5, 5.41) is 5.96. The van der Waals surface area contributed by atoms with Gasteiger partial charge in [0.1, 0.15) is 5.76 Å². The minimum Gasteiger partial charge on any atom is -0.448 e. The Morgan fingerprint density at radius 3 is 2.46 bits per heavy atom. The summed E-state index contributed by atoms with van der Waals surface area (Å²) < 4.78 is 5.63. The summed E-state index contributed by atoms with van der Waals surface area (Å²) in [5.74, 6) is 0.0641. The molecule has 0 unspecified atom stereocenters. The Morgan fingerprint density at radius 1 is 1.00 bits per heavy atom. The number of nitrogens with one attached hydrogen (secondary N) is 1. The Kier molecular flexibility index (Phi) is 6.27. The molecule has 0 radical (unpaired) electrons. The van der Waals surface area contributed by atoms with Gasteiger partial charge in [0.25, 0.3) is 5.91 Å². The molecule has 4 nitrogen and oxygen atoms in total. The molecule has 1 amide bonds. The predicted molar refractivity (Wildman–Crippen MR) is 106 cm³/mol. The highest BCUT2D eigenvalue weighted by atomic mass is 35.5. The summed E-state index contributed by atoms with van der Waals surface area (Å²) in [6, 6.07) is 15.6. The summed E-state index contributed by atoms with van der Waals surface area (Å²) in [6.07, 6.45) is 1.41. The van der Waals surface area contributed by atoms with E-state index in [9.17, 15) is 4.79 Å². The summed E-state index contributed by atoms with van der Waals surface area (Å²) in [6.45, 7) is 0. The molecule has 2 aromatic carbocycles. The molecule has 8 heteroatoms. The Balaban J connectivity index is 1.59. The third kappa shape index (κ3) is 5.05. The first-order valence-electron chi connectivity index (χ1n) is 7.33. The van der Waals surface area contributed by atoms with E-state index < -0.39 is 5.91 Å². The quantitative estimate of drug-likeness (QED) is 0.394. The van der Waals surface area contributed by atoms with Gasteiger partial charge in [-0.25, -0.2) is 5.43 Å². The lowest BCUT2D eigenvalue weighted by Gasteiger charge is -2.02. The van der Waals surface area contributed by atoms with Gasteiger partial charge in [-0.2, -0.15) is 5.10 Å². The summed E-state index contributed by atoms with van der Waals surface area (Å²) in [4.78, 5) is 13.0. The zero-order valence-corrected chi connectivity index (χ0v) is 16.2. The number of rotatable bonds is 5. The Labute approximate surface area is 169 Å². The van der Waals surface area contributed by atoms with Crippen molar-refractivity contribution in [1.29, 1.82) is 0 Å². The van der Waals surface area contributed by atoms with E-state index in [4.69, 9.17) is 39.2 Å². The fraction of sp³-hybridized carbons (Fsp3) is 0. The van der Waals surface area contributed by atoms with Crippen molar-refractivity contribution < 1.29 is 9.21 Å². The molecule has 3 aromatic rings. The average Bonchev–Trinajstić information content (AvgIpc) is 3.04. The van der Waals surface area contributed by atoms with Crippen LogP contribution in [0.1, 0.15) is 16.1 Å². The average molecular weight is 426 g/mol. The zero-order chi connectivity index (χ0) is 18.5. The maximum Gasteiger partial charge on any atom is 0.272 e. The monoisotopic (exact) mass is 424 g/mol. The van der Waals surface area contributed by atoms with E-state index in [0.717, 1.165) is 4.90 Å². The van der Waals surface area contributed by atoms with Crippen LogP contribution in [0.3, 0.4) is 0 Å². The highest BCUT2D eigenvalue weighted by Crippen LogP contribution is 2.29. The molecule has 1 aromatic heterocycles. The second-order valence-corrected chi connectivity index (χ2v) is 7.39. The molecule has 0 aliphatic rings. The van der Waals surface area contributed by atoms with Gasteiger partial charge in [-0.15, -0.1) is 0 Å². The molecule has 0 atom stereocenters. The van der Waals surface area contributed by atoms with Crippen molar-refractivity contribution in [3.05, 3.63) is 81.0 Å². The van der Waals surface area contributed by atoms with Crippen LogP contribution < -0.4 is 5.43 Å². The van der Waals surface area contributed by atoms with Gasteiger partial charge in [-0.3, -0.25) is 4.79 Å². The van der Waals surface area contributed by atoms with E-state index in [-0.39, 0.29) is 10.6 Å². The van der Waals surface area contributed by atoms with Gasteiger partial charge in [0, 0.05) is 14.9 Å². The SMILES string of the molecule is O=C(N/N=C\c1ccc(Sc2ccc(Cl)cc2)o1)c1ccc(Cl)cc1Cl. The Bertz CT molecular complexity index is 955. The molecule has 0 saturated heterocycles. The smallest absolute Gasteiger partial charge is 0.272 e. The molecule has 0 aliphatic carbocycles. The van der Waals surface area contributed by atoms with Crippen LogP contribution in [-0.2, 0) is 0 Å². The molecular formula is C18H11Cl3N2O2S. The van der Waals surface area contributed by atoms with Gasteiger partial charge in [0.15, 0.2) is 5.09 Å². The van der Waals surface area contributed by atoms with Gasteiger partial charge in [-0.05, 0) is 54.6 Å². The van der Waals surface area contributed by atoms with Gasteiger partial charge in [-0.1, -0.05) is 46.6 Å². The normalized spacial score (nSPS) is 11.0. The predicted octanol–water partition coefficient (Wildman–Crippen LogP) is 6.15. The van der Waals surface area contributed by atoms with Gasteiger partial charge < -0.3 is 4.42 Å². The first-order valence-corrected chi connectivity index (χ1v) is 9.28. The van der Waals surface area contributed by atoms with Crippen LogP contribution in [0.25, 0.3) is 0 Å². The molecule has 1 N–H and O–H groups in total. The Morgan fingerprint density at radius 2 is 1.73 bits per heavy atom. The van der Waals surface area contributed by atoms with Crippen LogP contribution in [0, 0.1) is 0 Å². The highest BCUT2D eigenvalue weighted by molar-refractivity contribution is 7.99. The zero-order valence-electron chi connectivity index (χ0n) is 13.1. The number of carbonyl (C=O) groups is 1. The molecule has 0 saturated carbocycles. The maximum atomic E-state index is 12.0. The molecule has 3 rings (SSSR count). The van der Waals surface area contributed by atoms with Crippen LogP contribution in [0.2, 0.25) is 15.1 Å². The number of nitrogens with zero attached hydrogens (tertiary/aromatic N) is 1. The first-order chi connectivity index (χ1) is 12.5. The highest BCUT2D eigenvalue weighted by Gasteiger charge is 2.10. The number of carbonyl (C=O) groups excluding carboxylic acids is 1. The third-order valence-electron chi connectivity index (χ3n) is 3.17. The number of benzene rings is 2. The number of hydrogen-bond donors (Lipinski definition) is 1. The summed E-state index contributed by atoms with van der Waals surface area (Å²) in [7, 11) is 0. The van der Waals surface area contributed by atoms with Crippen LogP contribution in [0.15, 0.2) is 74.1 Å². The van der Waals surface area contributed by atoms with Crippen molar-refractivity contribution in [1.82, 2.24) is 5.43 Å². The minimum atomic E-state index is -0.440. The number of amides is 1. The Hall–Kier alpha value is -1.92. The van der Waals surface area contributed by atoms with E-state index in [1.54, 1.807) is 12.1 Å². The van der Waals surface area contributed by atoms with E-state index in [2.05, 4.69) is 10.5 Å². The van der Waals surface area contributed by atoms with Gasteiger partial charge >= 0.3 is 0 Å². The van der Waals surface area contributed by atoms with Crippen LogP contribution in [0.4, 0.5) is 0 Å². The van der Waals surface area contributed by atoms with Crippen molar-refractivity contribution in [2.45, 2.75) is 9.99 Å². The van der Waals surface area contributed by atoms with Gasteiger partial charge in [0.2, 0.25) is 0 Å². The van der Waals surface area contributed by atoms with Crippen molar-refractivity contribution in [3.63, 3.8) is 0 Å². The maximum absolute atomic E-state index is 12.0. The van der Waals surface area contributed by atoms with E-state index in [0.29, 0.717) is 20.9 Å². The van der Waals surface area contributed by atoms with Gasteiger partial charge in [0.05, 0.1) is 16.8 Å². The summed E-state index contributed by atoms with van der Waals surface area (Å²) >= 11 is 19.1. The number of furan rings is 1. The molecule has 0 aliphatic heterocycles. The molecule has 132 valence electrons. The molecule has 0 spiro atoms. The van der Waals surface area contributed by atoms with Crippen molar-refractivity contribution in [3.8, 4) is 0 Å². The van der Waals surface area contributed by atoms with E-state index in [1.165, 1.54) is 30.1 Å². The number of hydrogen-bond acceptors (Lipinski definition) is 4. The molecule has 0 fully saturated rings. The molecule has 1 heterocycles. The summed E-state index contributed by atoms with van der Waals surface area (Å²) in [5.41, 5.74) is 2.68. The third-order valence-corrected chi connectivity index (χ3v) is 4.90. The molecule has 26 heavy (non-hydrogen) atoms.